The first-order chi connectivity index (χ1) is 12.1. The Morgan fingerprint density at radius 3 is 2.60 bits per heavy atom. The predicted octanol–water partition coefficient (Wildman–Crippen LogP) is 2.61. The molecule has 3 rings (SSSR count). The maximum absolute atomic E-state index is 12.3. The molecule has 8 heteroatoms. The lowest BCUT2D eigenvalue weighted by Gasteiger charge is -2.34. The van der Waals surface area contributed by atoms with Crippen LogP contribution < -0.4 is 0 Å². The molecule has 134 valence electrons. The Morgan fingerprint density at radius 2 is 1.96 bits per heavy atom. The molecule has 0 radical (unpaired) electrons. The van der Waals surface area contributed by atoms with E-state index in [-0.39, 0.29) is 5.91 Å². The van der Waals surface area contributed by atoms with Gasteiger partial charge < -0.3 is 9.42 Å². The van der Waals surface area contributed by atoms with E-state index in [9.17, 15) is 4.79 Å². The van der Waals surface area contributed by atoms with Crippen LogP contribution in [0.5, 0.6) is 0 Å². The normalized spacial score (nSPS) is 15.5. The molecule has 0 aliphatic carbocycles. The SMILES string of the molecule is Cc1nc(CSCC(=O)N2CCN(Cc3ccc(Cl)cc3)CC2)no1. The van der Waals surface area contributed by atoms with Gasteiger partial charge in [0, 0.05) is 44.7 Å². The van der Waals surface area contributed by atoms with Crippen LogP contribution in [0.1, 0.15) is 17.3 Å². The van der Waals surface area contributed by atoms with Crippen molar-refractivity contribution in [3.05, 3.63) is 46.6 Å². The summed E-state index contributed by atoms with van der Waals surface area (Å²) in [5.41, 5.74) is 1.25. The van der Waals surface area contributed by atoms with E-state index in [1.807, 2.05) is 17.0 Å². The first kappa shape index (κ1) is 18.2. The summed E-state index contributed by atoms with van der Waals surface area (Å²) in [6, 6.07) is 7.94. The molecule has 0 N–H and O–H groups in total. The van der Waals surface area contributed by atoms with Gasteiger partial charge in [0.05, 0.1) is 11.5 Å². The fraction of sp³-hybridized carbons (Fsp3) is 0.471. The highest BCUT2D eigenvalue weighted by atomic mass is 35.5. The fourth-order valence-electron chi connectivity index (χ4n) is 2.72. The van der Waals surface area contributed by atoms with Crippen LogP contribution in [-0.2, 0) is 17.1 Å². The van der Waals surface area contributed by atoms with Crippen molar-refractivity contribution in [3.63, 3.8) is 0 Å². The Hall–Kier alpha value is -1.57. The van der Waals surface area contributed by atoms with Crippen LogP contribution in [0.3, 0.4) is 0 Å². The molecule has 25 heavy (non-hydrogen) atoms. The standard InChI is InChI=1S/C17H21ClN4O2S/c1-13-19-16(20-24-13)11-25-12-17(23)22-8-6-21(7-9-22)10-14-2-4-15(18)5-3-14/h2-5H,6-12H2,1H3. The molecule has 1 fully saturated rings. The zero-order chi connectivity index (χ0) is 17.6. The van der Waals surface area contributed by atoms with Gasteiger partial charge in [-0.15, -0.1) is 11.8 Å². The van der Waals surface area contributed by atoms with E-state index in [2.05, 4.69) is 27.2 Å². The number of carbonyl (C=O) groups is 1. The predicted molar refractivity (Wildman–Crippen MR) is 98.5 cm³/mol. The molecular weight excluding hydrogens is 360 g/mol. The van der Waals surface area contributed by atoms with Crippen molar-refractivity contribution in [1.29, 1.82) is 0 Å². The maximum atomic E-state index is 12.3. The topological polar surface area (TPSA) is 62.5 Å². The number of hydrogen-bond donors (Lipinski definition) is 0. The Labute approximate surface area is 156 Å². The third-order valence-electron chi connectivity index (χ3n) is 4.07. The van der Waals surface area contributed by atoms with Crippen LogP contribution in [0, 0.1) is 6.92 Å². The second-order valence-electron chi connectivity index (χ2n) is 6.01. The molecule has 1 saturated heterocycles. The Morgan fingerprint density at radius 1 is 1.24 bits per heavy atom. The number of amides is 1. The molecule has 1 aromatic heterocycles. The smallest absolute Gasteiger partial charge is 0.232 e. The number of aryl methyl sites for hydroxylation is 1. The molecule has 1 aromatic carbocycles. The van der Waals surface area contributed by atoms with Gasteiger partial charge in [-0.3, -0.25) is 9.69 Å². The van der Waals surface area contributed by atoms with Gasteiger partial charge in [-0.2, -0.15) is 4.98 Å². The third-order valence-corrected chi connectivity index (χ3v) is 5.24. The lowest BCUT2D eigenvalue weighted by Crippen LogP contribution is -2.48. The van der Waals surface area contributed by atoms with Gasteiger partial charge in [0.15, 0.2) is 5.82 Å². The van der Waals surface area contributed by atoms with Gasteiger partial charge in [-0.05, 0) is 17.7 Å². The van der Waals surface area contributed by atoms with Crippen molar-refractivity contribution in [2.24, 2.45) is 0 Å². The van der Waals surface area contributed by atoms with Gasteiger partial charge in [0.1, 0.15) is 0 Å². The summed E-state index contributed by atoms with van der Waals surface area (Å²) in [4.78, 5) is 20.7. The minimum absolute atomic E-state index is 0.177. The quantitative estimate of drug-likeness (QED) is 0.767. The highest BCUT2D eigenvalue weighted by molar-refractivity contribution is 7.99. The summed E-state index contributed by atoms with van der Waals surface area (Å²) in [5, 5.41) is 4.59. The lowest BCUT2D eigenvalue weighted by atomic mass is 10.2. The van der Waals surface area contributed by atoms with Gasteiger partial charge in [-0.1, -0.05) is 28.9 Å². The summed E-state index contributed by atoms with van der Waals surface area (Å²) >= 11 is 7.44. The van der Waals surface area contributed by atoms with Gasteiger partial charge >= 0.3 is 0 Å². The molecule has 0 bridgehead atoms. The molecule has 1 aliphatic heterocycles. The van der Waals surface area contributed by atoms with Gasteiger partial charge in [0.25, 0.3) is 0 Å². The summed E-state index contributed by atoms with van der Waals surface area (Å²) in [6.07, 6.45) is 0. The van der Waals surface area contributed by atoms with E-state index in [1.165, 1.54) is 17.3 Å². The number of carbonyl (C=O) groups excluding carboxylic acids is 1. The van der Waals surface area contributed by atoms with Crippen LogP contribution in [-0.4, -0.2) is 57.8 Å². The van der Waals surface area contributed by atoms with E-state index in [4.69, 9.17) is 16.1 Å². The number of benzene rings is 1. The number of hydrogen-bond acceptors (Lipinski definition) is 6. The molecule has 1 aliphatic rings. The molecule has 0 unspecified atom stereocenters. The van der Waals surface area contributed by atoms with Crippen molar-refractivity contribution in [2.75, 3.05) is 31.9 Å². The van der Waals surface area contributed by atoms with Crippen molar-refractivity contribution in [2.45, 2.75) is 19.2 Å². The number of piperazine rings is 1. The number of thioether (sulfide) groups is 1. The molecular formula is C17H21ClN4O2S. The van der Waals surface area contributed by atoms with Crippen molar-refractivity contribution in [3.8, 4) is 0 Å². The minimum atomic E-state index is 0.177. The molecule has 0 spiro atoms. The molecule has 2 heterocycles. The average Bonchev–Trinajstić information content (AvgIpc) is 3.03. The van der Waals surface area contributed by atoms with Crippen LogP contribution in [0.25, 0.3) is 0 Å². The van der Waals surface area contributed by atoms with E-state index in [1.54, 1.807) is 6.92 Å². The Balaban J connectivity index is 1.37. The van der Waals surface area contributed by atoms with Crippen molar-refractivity contribution >= 4 is 29.3 Å². The Kier molecular flexibility index (Phi) is 6.34. The number of rotatable bonds is 6. The molecule has 1 amide bonds. The van der Waals surface area contributed by atoms with Gasteiger partial charge in [0.2, 0.25) is 11.8 Å². The maximum Gasteiger partial charge on any atom is 0.232 e. The molecule has 6 nitrogen and oxygen atoms in total. The van der Waals surface area contributed by atoms with Crippen LogP contribution >= 0.6 is 23.4 Å². The molecule has 2 aromatic rings. The van der Waals surface area contributed by atoms with Crippen molar-refractivity contribution in [1.82, 2.24) is 19.9 Å². The van der Waals surface area contributed by atoms with E-state index in [0.29, 0.717) is 23.2 Å². The van der Waals surface area contributed by atoms with Crippen LogP contribution in [0.2, 0.25) is 5.02 Å². The number of nitrogens with zero attached hydrogens (tertiary/aromatic N) is 4. The van der Waals surface area contributed by atoms with E-state index < -0.39 is 0 Å². The first-order valence-corrected chi connectivity index (χ1v) is 9.75. The summed E-state index contributed by atoms with van der Waals surface area (Å²) in [6.45, 7) is 5.98. The van der Waals surface area contributed by atoms with Crippen LogP contribution in [0.4, 0.5) is 0 Å². The second-order valence-corrected chi connectivity index (χ2v) is 7.43. The zero-order valence-corrected chi connectivity index (χ0v) is 15.7. The van der Waals surface area contributed by atoms with Crippen LogP contribution in [0.15, 0.2) is 28.8 Å². The number of aromatic nitrogens is 2. The highest BCUT2D eigenvalue weighted by Crippen LogP contribution is 2.14. The molecule has 0 atom stereocenters. The average molecular weight is 381 g/mol. The monoisotopic (exact) mass is 380 g/mol. The summed E-state index contributed by atoms with van der Waals surface area (Å²) in [7, 11) is 0. The number of halogens is 1. The van der Waals surface area contributed by atoms with Crippen molar-refractivity contribution < 1.29 is 9.32 Å². The third kappa shape index (κ3) is 5.45. The largest absolute Gasteiger partial charge is 0.340 e. The molecule has 0 saturated carbocycles. The minimum Gasteiger partial charge on any atom is -0.340 e. The zero-order valence-electron chi connectivity index (χ0n) is 14.2. The fourth-order valence-corrected chi connectivity index (χ4v) is 3.61. The van der Waals surface area contributed by atoms with E-state index >= 15 is 0 Å². The lowest BCUT2D eigenvalue weighted by molar-refractivity contribution is -0.130. The summed E-state index contributed by atoms with van der Waals surface area (Å²) in [5.74, 6) is 2.42. The summed E-state index contributed by atoms with van der Waals surface area (Å²) < 4.78 is 4.92. The highest BCUT2D eigenvalue weighted by Gasteiger charge is 2.21. The Bertz CT molecular complexity index is 699. The first-order valence-electron chi connectivity index (χ1n) is 8.21. The van der Waals surface area contributed by atoms with E-state index in [0.717, 1.165) is 37.7 Å². The van der Waals surface area contributed by atoms with Gasteiger partial charge in [-0.25, -0.2) is 0 Å². The second kappa shape index (κ2) is 8.69.